The molecular formula is C21H23NO5. The summed E-state index contributed by atoms with van der Waals surface area (Å²) in [4.78, 5) is 2.33. The van der Waals surface area contributed by atoms with Gasteiger partial charge in [0.2, 0.25) is 0 Å². The van der Waals surface area contributed by atoms with Crippen LogP contribution in [0.25, 0.3) is 0 Å². The summed E-state index contributed by atoms with van der Waals surface area (Å²) in [5.41, 5.74) is 1.17. The molecule has 6 nitrogen and oxygen atoms in total. The van der Waals surface area contributed by atoms with Crippen molar-refractivity contribution in [2.24, 2.45) is 0 Å². The van der Waals surface area contributed by atoms with Crippen molar-refractivity contribution in [3.05, 3.63) is 48.5 Å². The highest BCUT2D eigenvalue weighted by Gasteiger charge is 2.30. The Balaban J connectivity index is 1.18. The number of rotatable bonds is 10. The molecular weight excluding hydrogens is 346 g/mol. The van der Waals surface area contributed by atoms with E-state index in [0.717, 1.165) is 50.2 Å². The van der Waals surface area contributed by atoms with Gasteiger partial charge >= 0.3 is 0 Å². The van der Waals surface area contributed by atoms with Gasteiger partial charge in [0.25, 0.3) is 0 Å². The van der Waals surface area contributed by atoms with E-state index in [1.807, 2.05) is 36.4 Å². The van der Waals surface area contributed by atoms with Crippen LogP contribution in [0.3, 0.4) is 0 Å². The number of ether oxygens (including phenoxy) is 5. The van der Waals surface area contributed by atoms with Crippen molar-refractivity contribution in [3.8, 4) is 17.2 Å². The molecule has 6 heteroatoms. The van der Waals surface area contributed by atoms with Crippen molar-refractivity contribution < 1.29 is 23.7 Å². The molecule has 3 heterocycles. The molecule has 3 unspecified atom stereocenters. The second-order valence-electron chi connectivity index (χ2n) is 7.15. The first-order valence-electron chi connectivity index (χ1n) is 9.42. The highest BCUT2D eigenvalue weighted by atomic mass is 16.6. The number of nitrogens with zero attached hydrogens (tertiary/aromatic N) is 1. The number of hydrogen-bond donors (Lipinski definition) is 0. The second-order valence-corrected chi connectivity index (χ2v) is 7.15. The van der Waals surface area contributed by atoms with E-state index < -0.39 is 0 Å². The summed E-state index contributed by atoms with van der Waals surface area (Å²) < 4.78 is 27.5. The number of anilines is 1. The monoisotopic (exact) mass is 369 g/mol. The zero-order valence-electron chi connectivity index (χ0n) is 15.1. The summed E-state index contributed by atoms with van der Waals surface area (Å²) in [7, 11) is 0. The molecule has 0 bridgehead atoms. The van der Waals surface area contributed by atoms with Gasteiger partial charge in [-0.15, -0.1) is 0 Å². The minimum Gasteiger partial charge on any atom is -0.491 e. The maximum Gasteiger partial charge on any atom is 0.127 e. The molecule has 3 fully saturated rings. The van der Waals surface area contributed by atoms with E-state index >= 15 is 0 Å². The number of hydrogen-bond acceptors (Lipinski definition) is 6. The van der Waals surface area contributed by atoms with E-state index in [2.05, 4.69) is 17.0 Å². The van der Waals surface area contributed by atoms with Crippen LogP contribution in [0.2, 0.25) is 0 Å². The van der Waals surface area contributed by atoms with Crippen LogP contribution >= 0.6 is 0 Å². The maximum absolute atomic E-state index is 5.94. The largest absolute Gasteiger partial charge is 0.491 e. The highest BCUT2D eigenvalue weighted by molar-refractivity contribution is 5.50. The van der Waals surface area contributed by atoms with Gasteiger partial charge in [-0.3, -0.25) is 0 Å². The van der Waals surface area contributed by atoms with E-state index in [0.29, 0.717) is 18.8 Å². The van der Waals surface area contributed by atoms with E-state index in [9.17, 15) is 0 Å². The Kier molecular flexibility index (Phi) is 4.61. The Hall–Kier alpha value is -2.28. The fraction of sp³-hybridized carbons (Fsp3) is 0.429. The molecule has 2 aromatic carbocycles. The molecule has 0 aliphatic carbocycles. The molecule has 3 aliphatic heterocycles. The van der Waals surface area contributed by atoms with E-state index in [1.165, 1.54) is 5.69 Å². The molecule has 0 radical (unpaired) electrons. The zero-order valence-corrected chi connectivity index (χ0v) is 15.1. The molecule has 3 aliphatic rings. The third-order valence-corrected chi connectivity index (χ3v) is 4.75. The van der Waals surface area contributed by atoms with Crippen LogP contribution < -0.4 is 14.4 Å². The molecule has 0 N–H and O–H groups in total. The first-order chi connectivity index (χ1) is 13.3. The Labute approximate surface area is 158 Å². The standard InChI is InChI=1S/C21H23NO5/c1-3-17(27-18-7-5-16(6-8-18)23-13-21-14-26-21)4-2-15(1)22(9-19-11-24-19)10-20-12-25-20/h1-8,19-21H,9-14H2. The van der Waals surface area contributed by atoms with E-state index in [1.54, 1.807) is 0 Å². The fourth-order valence-corrected chi connectivity index (χ4v) is 2.94. The lowest BCUT2D eigenvalue weighted by atomic mass is 10.2. The molecule has 142 valence electrons. The van der Waals surface area contributed by atoms with Gasteiger partial charge < -0.3 is 28.6 Å². The average Bonchev–Trinajstić information content (AvgIpc) is 3.54. The lowest BCUT2D eigenvalue weighted by molar-refractivity contribution is 0.263. The summed E-state index contributed by atoms with van der Waals surface area (Å²) in [6.07, 6.45) is 0.968. The summed E-state index contributed by atoms with van der Waals surface area (Å²) in [5.74, 6) is 2.42. The minimum absolute atomic E-state index is 0.261. The summed E-state index contributed by atoms with van der Waals surface area (Å²) >= 11 is 0. The first kappa shape index (κ1) is 16.9. The molecule has 27 heavy (non-hydrogen) atoms. The molecule has 5 rings (SSSR count). The lowest BCUT2D eigenvalue weighted by Gasteiger charge is -2.23. The van der Waals surface area contributed by atoms with Crippen LogP contribution in [0.15, 0.2) is 48.5 Å². The molecule has 3 saturated heterocycles. The van der Waals surface area contributed by atoms with Crippen molar-refractivity contribution in [2.45, 2.75) is 18.3 Å². The van der Waals surface area contributed by atoms with Gasteiger partial charge in [0.05, 0.1) is 32.0 Å². The second kappa shape index (κ2) is 7.38. The van der Waals surface area contributed by atoms with Gasteiger partial charge in [-0.25, -0.2) is 0 Å². The Bertz CT molecular complexity index is 737. The fourth-order valence-electron chi connectivity index (χ4n) is 2.94. The highest BCUT2D eigenvalue weighted by Crippen LogP contribution is 2.28. The Morgan fingerprint density at radius 3 is 1.70 bits per heavy atom. The minimum atomic E-state index is 0.261. The van der Waals surface area contributed by atoms with Crippen LogP contribution in [0.4, 0.5) is 5.69 Å². The SMILES string of the molecule is c1cc(Oc2ccc(N(CC3CO3)CC3CO3)cc2)ccc1OCC1CO1. The molecule has 0 spiro atoms. The van der Waals surface area contributed by atoms with Gasteiger partial charge in [-0.1, -0.05) is 0 Å². The first-order valence-corrected chi connectivity index (χ1v) is 9.42. The Morgan fingerprint density at radius 1 is 0.704 bits per heavy atom. The maximum atomic E-state index is 5.94. The normalized spacial score (nSPS) is 25.0. The van der Waals surface area contributed by atoms with Crippen LogP contribution in [0.5, 0.6) is 17.2 Å². The number of epoxide rings is 3. The quantitative estimate of drug-likeness (QED) is 0.600. The Morgan fingerprint density at radius 2 is 1.19 bits per heavy atom. The lowest BCUT2D eigenvalue weighted by Crippen LogP contribution is -2.31. The summed E-state index contributed by atoms with van der Waals surface area (Å²) in [6, 6.07) is 15.8. The van der Waals surface area contributed by atoms with Crippen LogP contribution in [-0.2, 0) is 14.2 Å². The van der Waals surface area contributed by atoms with Crippen LogP contribution in [0, 0.1) is 0 Å². The summed E-state index contributed by atoms with van der Waals surface area (Å²) in [6.45, 7) is 4.94. The van der Waals surface area contributed by atoms with Crippen molar-refractivity contribution in [1.82, 2.24) is 0 Å². The third kappa shape index (κ3) is 4.91. The van der Waals surface area contributed by atoms with Crippen LogP contribution in [-0.4, -0.2) is 57.8 Å². The predicted molar refractivity (Wildman–Crippen MR) is 99.9 cm³/mol. The van der Waals surface area contributed by atoms with Crippen molar-refractivity contribution >= 4 is 5.69 Å². The van der Waals surface area contributed by atoms with Gasteiger partial charge in [0.15, 0.2) is 0 Å². The van der Waals surface area contributed by atoms with Crippen molar-refractivity contribution in [3.63, 3.8) is 0 Å². The van der Waals surface area contributed by atoms with Gasteiger partial charge in [-0.05, 0) is 48.5 Å². The van der Waals surface area contributed by atoms with Gasteiger partial charge in [0.1, 0.15) is 30.0 Å². The summed E-state index contributed by atoms with van der Waals surface area (Å²) in [5, 5.41) is 0. The van der Waals surface area contributed by atoms with E-state index in [-0.39, 0.29) is 6.10 Å². The zero-order chi connectivity index (χ0) is 18.1. The molecule has 2 aromatic rings. The smallest absolute Gasteiger partial charge is 0.127 e. The van der Waals surface area contributed by atoms with Crippen LogP contribution in [0.1, 0.15) is 0 Å². The predicted octanol–water partition coefficient (Wildman–Crippen LogP) is 2.86. The van der Waals surface area contributed by atoms with E-state index in [4.69, 9.17) is 23.7 Å². The topological polar surface area (TPSA) is 59.3 Å². The molecule has 0 amide bonds. The molecule has 0 aromatic heterocycles. The van der Waals surface area contributed by atoms with Crippen molar-refractivity contribution in [1.29, 1.82) is 0 Å². The molecule has 0 saturated carbocycles. The van der Waals surface area contributed by atoms with Gasteiger partial charge in [-0.2, -0.15) is 0 Å². The third-order valence-electron chi connectivity index (χ3n) is 4.75. The number of benzene rings is 2. The van der Waals surface area contributed by atoms with Gasteiger partial charge in [0, 0.05) is 18.8 Å². The van der Waals surface area contributed by atoms with Crippen molar-refractivity contribution in [2.75, 3.05) is 44.4 Å². The molecule has 3 atom stereocenters. The average molecular weight is 369 g/mol.